The smallest absolute Gasteiger partial charge is 0.270 e. The molecule has 0 bridgehead atoms. The fourth-order valence-electron chi connectivity index (χ4n) is 1.34. The Morgan fingerprint density at radius 2 is 2.29 bits per heavy atom. The second-order valence-electron chi connectivity index (χ2n) is 2.83. The summed E-state index contributed by atoms with van der Waals surface area (Å²) in [5.74, 6) is 2.46. The van der Waals surface area contributed by atoms with Crippen molar-refractivity contribution in [2.45, 2.75) is 0 Å². The second-order valence-corrected chi connectivity index (χ2v) is 2.83. The lowest BCUT2D eigenvalue weighted by Gasteiger charge is -1.92. The summed E-state index contributed by atoms with van der Waals surface area (Å²) in [6.07, 6.45) is 6.91. The van der Waals surface area contributed by atoms with Gasteiger partial charge in [0, 0.05) is 34.8 Å². The molecule has 0 amide bonds. The van der Waals surface area contributed by atoms with Gasteiger partial charge in [0.1, 0.15) is 0 Å². The van der Waals surface area contributed by atoms with E-state index in [0.717, 1.165) is 5.52 Å². The molecule has 2 rings (SSSR count). The highest BCUT2D eigenvalue weighted by atomic mass is 16.6. The standard InChI is InChI=1S/C10H6N2O2/c1-2-7-6-11-10-4-3-8(12(13)14)5-9(7)10/h1,3-6,11H. The molecule has 0 unspecified atom stereocenters. The second kappa shape index (κ2) is 2.89. The molecule has 2 aromatic rings. The van der Waals surface area contributed by atoms with Gasteiger partial charge in [-0.2, -0.15) is 0 Å². The van der Waals surface area contributed by atoms with E-state index in [0.29, 0.717) is 10.9 Å². The number of hydrogen-bond acceptors (Lipinski definition) is 2. The van der Waals surface area contributed by atoms with Gasteiger partial charge in [-0.25, -0.2) is 0 Å². The van der Waals surface area contributed by atoms with Crippen LogP contribution in [-0.4, -0.2) is 9.91 Å². The summed E-state index contributed by atoms with van der Waals surface area (Å²) in [6.45, 7) is 0. The van der Waals surface area contributed by atoms with E-state index >= 15 is 0 Å². The molecule has 1 N–H and O–H groups in total. The van der Waals surface area contributed by atoms with E-state index < -0.39 is 4.92 Å². The first-order valence-corrected chi connectivity index (χ1v) is 3.94. The number of fused-ring (bicyclic) bond motifs is 1. The monoisotopic (exact) mass is 186 g/mol. The predicted octanol–water partition coefficient (Wildman–Crippen LogP) is 2.06. The maximum Gasteiger partial charge on any atom is 0.270 e. The third kappa shape index (κ3) is 1.12. The van der Waals surface area contributed by atoms with Gasteiger partial charge in [0.25, 0.3) is 5.69 Å². The molecule has 0 aliphatic carbocycles. The summed E-state index contributed by atoms with van der Waals surface area (Å²) < 4.78 is 0. The number of nitro groups is 1. The van der Waals surface area contributed by atoms with Gasteiger partial charge in [0.15, 0.2) is 0 Å². The maximum atomic E-state index is 10.5. The van der Waals surface area contributed by atoms with E-state index in [9.17, 15) is 10.1 Å². The molecule has 1 heterocycles. The van der Waals surface area contributed by atoms with Crippen molar-refractivity contribution in [3.05, 3.63) is 40.1 Å². The minimum absolute atomic E-state index is 0.0496. The van der Waals surface area contributed by atoms with Crippen molar-refractivity contribution < 1.29 is 4.92 Å². The Balaban J connectivity index is 2.75. The van der Waals surface area contributed by atoms with Crippen molar-refractivity contribution in [3.63, 3.8) is 0 Å². The SMILES string of the molecule is C#Cc1c[nH]c2ccc([N+](=O)[O-])cc12. The number of terminal acetylenes is 1. The largest absolute Gasteiger partial charge is 0.360 e. The topological polar surface area (TPSA) is 58.9 Å². The number of non-ortho nitro benzene ring substituents is 1. The lowest BCUT2D eigenvalue weighted by atomic mass is 10.1. The maximum absolute atomic E-state index is 10.5. The number of nitro benzene ring substituents is 1. The van der Waals surface area contributed by atoms with E-state index in [4.69, 9.17) is 6.42 Å². The van der Waals surface area contributed by atoms with E-state index in [-0.39, 0.29) is 5.69 Å². The number of hydrogen-bond donors (Lipinski definition) is 1. The molecule has 0 spiro atoms. The fourth-order valence-corrected chi connectivity index (χ4v) is 1.34. The number of H-pyrrole nitrogens is 1. The van der Waals surface area contributed by atoms with Crippen LogP contribution in [0.25, 0.3) is 10.9 Å². The Bertz CT molecular complexity index is 549. The molecule has 4 nitrogen and oxygen atoms in total. The Kier molecular flexibility index (Phi) is 1.72. The molecule has 0 radical (unpaired) electrons. The Morgan fingerprint density at radius 1 is 1.50 bits per heavy atom. The lowest BCUT2D eigenvalue weighted by Crippen LogP contribution is -1.86. The summed E-state index contributed by atoms with van der Waals surface area (Å²) in [6, 6.07) is 4.56. The normalized spacial score (nSPS) is 9.93. The van der Waals surface area contributed by atoms with Crippen LogP contribution >= 0.6 is 0 Å². The van der Waals surface area contributed by atoms with Gasteiger partial charge < -0.3 is 4.98 Å². The molecule has 0 aliphatic heterocycles. The molecule has 0 saturated carbocycles. The van der Waals surface area contributed by atoms with Crippen LogP contribution in [0.3, 0.4) is 0 Å². The van der Waals surface area contributed by atoms with Gasteiger partial charge in [0.2, 0.25) is 0 Å². The van der Waals surface area contributed by atoms with Gasteiger partial charge in [0.05, 0.1) is 4.92 Å². The average molecular weight is 186 g/mol. The van der Waals surface area contributed by atoms with Crippen molar-refractivity contribution in [1.29, 1.82) is 0 Å². The highest BCUT2D eigenvalue weighted by Crippen LogP contribution is 2.22. The highest BCUT2D eigenvalue weighted by molar-refractivity contribution is 5.87. The van der Waals surface area contributed by atoms with Gasteiger partial charge in [-0.15, -0.1) is 6.42 Å². The van der Waals surface area contributed by atoms with Crippen molar-refractivity contribution >= 4 is 16.6 Å². The predicted molar refractivity (Wildman–Crippen MR) is 52.9 cm³/mol. The van der Waals surface area contributed by atoms with Gasteiger partial charge >= 0.3 is 0 Å². The number of aromatic amines is 1. The van der Waals surface area contributed by atoms with Crippen molar-refractivity contribution in [3.8, 4) is 12.3 Å². The summed E-state index contributed by atoms with van der Waals surface area (Å²) in [5, 5.41) is 11.2. The van der Waals surface area contributed by atoms with Crippen LogP contribution in [0.5, 0.6) is 0 Å². The zero-order valence-electron chi connectivity index (χ0n) is 7.15. The number of nitrogens with one attached hydrogen (secondary N) is 1. The number of rotatable bonds is 1. The van der Waals surface area contributed by atoms with Crippen molar-refractivity contribution in [2.24, 2.45) is 0 Å². The van der Waals surface area contributed by atoms with Crippen LogP contribution in [0, 0.1) is 22.5 Å². The van der Waals surface area contributed by atoms with E-state index in [2.05, 4.69) is 10.9 Å². The number of nitrogens with zero attached hydrogens (tertiary/aromatic N) is 1. The van der Waals surface area contributed by atoms with Crippen molar-refractivity contribution in [1.82, 2.24) is 4.98 Å². The zero-order chi connectivity index (χ0) is 10.1. The summed E-state index contributed by atoms with van der Waals surface area (Å²) in [7, 11) is 0. The Morgan fingerprint density at radius 3 is 2.93 bits per heavy atom. The lowest BCUT2D eigenvalue weighted by molar-refractivity contribution is -0.384. The Hall–Kier alpha value is -2.28. The summed E-state index contributed by atoms with van der Waals surface area (Å²) >= 11 is 0. The van der Waals surface area contributed by atoms with Crippen LogP contribution in [0.15, 0.2) is 24.4 Å². The van der Waals surface area contributed by atoms with E-state index in [1.54, 1.807) is 12.3 Å². The molecule has 0 aliphatic rings. The minimum Gasteiger partial charge on any atom is -0.360 e. The van der Waals surface area contributed by atoms with Crippen molar-refractivity contribution in [2.75, 3.05) is 0 Å². The van der Waals surface area contributed by atoms with Crippen LogP contribution in [0.2, 0.25) is 0 Å². The zero-order valence-corrected chi connectivity index (χ0v) is 7.15. The third-order valence-electron chi connectivity index (χ3n) is 2.03. The van der Waals surface area contributed by atoms with Crippen LogP contribution < -0.4 is 0 Å². The van der Waals surface area contributed by atoms with Crippen LogP contribution in [0.4, 0.5) is 5.69 Å². The van der Waals surface area contributed by atoms with E-state index in [1.807, 2.05) is 0 Å². The molecule has 1 aromatic heterocycles. The molecule has 0 fully saturated rings. The molecule has 68 valence electrons. The highest BCUT2D eigenvalue weighted by Gasteiger charge is 2.08. The van der Waals surface area contributed by atoms with Gasteiger partial charge in [-0.05, 0) is 6.07 Å². The first kappa shape index (κ1) is 8.32. The molecule has 0 atom stereocenters. The quantitative estimate of drug-likeness (QED) is 0.421. The van der Waals surface area contributed by atoms with Crippen LogP contribution in [-0.2, 0) is 0 Å². The molecular weight excluding hydrogens is 180 g/mol. The minimum atomic E-state index is -0.438. The molecule has 1 aromatic carbocycles. The van der Waals surface area contributed by atoms with E-state index in [1.165, 1.54) is 12.1 Å². The first-order chi connectivity index (χ1) is 6.72. The Labute approximate surface area is 79.7 Å². The number of aromatic nitrogens is 1. The van der Waals surface area contributed by atoms with Gasteiger partial charge in [-0.1, -0.05) is 5.92 Å². The average Bonchev–Trinajstić information content (AvgIpc) is 2.59. The fraction of sp³-hybridized carbons (Fsp3) is 0. The molecule has 4 heteroatoms. The molecule has 0 saturated heterocycles. The summed E-state index contributed by atoms with van der Waals surface area (Å²) in [5.41, 5.74) is 1.50. The van der Waals surface area contributed by atoms with Crippen LogP contribution in [0.1, 0.15) is 5.56 Å². The molecule has 14 heavy (non-hydrogen) atoms. The first-order valence-electron chi connectivity index (χ1n) is 3.94. The summed E-state index contributed by atoms with van der Waals surface area (Å²) in [4.78, 5) is 13.0. The third-order valence-corrected chi connectivity index (χ3v) is 2.03. The number of benzene rings is 1. The van der Waals surface area contributed by atoms with Gasteiger partial charge in [-0.3, -0.25) is 10.1 Å². The molecular formula is C10H6N2O2.